The Labute approximate surface area is 130 Å². The Kier molecular flexibility index (Phi) is 4.85. The molecule has 9 heteroatoms. The zero-order valence-corrected chi connectivity index (χ0v) is 14.3. The van der Waals surface area contributed by atoms with Crippen LogP contribution in [0.2, 0.25) is 0 Å². The van der Waals surface area contributed by atoms with Crippen molar-refractivity contribution >= 4 is 43.3 Å². The lowest BCUT2D eigenvalue weighted by Gasteiger charge is -2.22. The van der Waals surface area contributed by atoms with Crippen molar-refractivity contribution in [2.45, 2.75) is 17.4 Å². The Morgan fingerprint density at radius 2 is 2.30 bits per heavy atom. The number of thiophene rings is 1. The van der Waals surface area contributed by atoms with Crippen LogP contribution in [-0.2, 0) is 14.8 Å². The number of hydrogen-bond donors (Lipinski definition) is 1. The summed E-state index contributed by atoms with van der Waals surface area (Å²) in [5.74, 6) is -0.540. The van der Waals surface area contributed by atoms with E-state index in [1.165, 1.54) is 17.5 Å². The van der Waals surface area contributed by atoms with Crippen molar-refractivity contribution in [2.75, 3.05) is 27.2 Å². The van der Waals surface area contributed by atoms with Crippen LogP contribution in [0.25, 0.3) is 0 Å². The summed E-state index contributed by atoms with van der Waals surface area (Å²) in [5.41, 5.74) is 0. The van der Waals surface area contributed by atoms with Crippen molar-refractivity contribution < 1.29 is 17.9 Å². The Bertz CT molecular complexity index is 608. The Morgan fingerprint density at radius 3 is 2.85 bits per heavy atom. The molecule has 0 amide bonds. The molecule has 0 saturated carbocycles. The number of nitrogens with zero attached hydrogens (tertiary/aromatic N) is 1. The summed E-state index contributed by atoms with van der Waals surface area (Å²) in [6.45, 7) is 1.45. The summed E-state index contributed by atoms with van der Waals surface area (Å²) in [5, 5.41) is 3.13. The molecule has 0 bridgehead atoms. The minimum absolute atomic E-state index is 0.0617. The summed E-state index contributed by atoms with van der Waals surface area (Å²) in [7, 11) is -0.796. The fourth-order valence-corrected chi connectivity index (χ4v) is 5.85. The molecule has 2 rings (SSSR count). The van der Waals surface area contributed by atoms with Gasteiger partial charge in [0.05, 0.1) is 10.9 Å². The van der Waals surface area contributed by atoms with E-state index in [0.29, 0.717) is 10.3 Å². The predicted molar refractivity (Wildman–Crippen MR) is 79.6 cm³/mol. The minimum Gasteiger partial charge on any atom is -0.465 e. The number of ether oxygens (including phenoxy) is 1. The number of hydrogen-bond acceptors (Lipinski definition) is 6. The van der Waals surface area contributed by atoms with Gasteiger partial charge in [-0.15, -0.1) is 11.3 Å². The van der Waals surface area contributed by atoms with E-state index in [4.69, 9.17) is 0 Å². The van der Waals surface area contributed by atoms with Gasteiger partial charge in [0.25, 0.3) is 0 Å². The summed E-state index contributed by atoms with van der Waals surface area (Å²) in [4.78, 5) is 11.8. The summed E-state index contributed by atoms with van der Waals surface area (Å²) in [6, 6.07) is 1.29. The lowest BCUT2D eigenvalue weighted by atomic mass is 10.3. The first-order valence-corrected chi connectivity index (χ1v) is 8.99. The first-order chi connectivity index (χ1) is 9.37. The lowest BCUT2D eigenvalue weighted by Crippen LogP contribution is -2.38. The van der Waals surface area contributed by atoms with Crippen LogP contribution in [-0.4, -0.2) is 52.0 Å². The van der Waals surface area contributed by atoms with E-state index in [9.17, 15) is 13.2 Å². The highest BCUT2D eigenvalue weighted by Crippen LogP contribution is 2.34. The molecular weight excluding hydrogens is 368 g/mol. The van der Waals surface area contributed by atoms with Crippen molar-refractivity contribution in [3.8, 4) is 0 Å². The van der Waals surface area contributed by atoms with Gasteiger partial charge >= 0.3 is 5.97 Å². The highest BCUT2D eigenvalue weighted by molar-refractivity contribution is 9.11. The number of halogens is 1. The summed E-state index contributed by atoms with van der Waals surface area (Å²) < 4.78 is 31.6. The van der Waals surface area contributed by atoms with Crippen LogP contribution in [0, 0.1) is 0 Å². The maximum atomic E-state index is 12.6. The Balaban J connectivity index is 2.33. The van der Waals surface area contributed by atoms with E-state index < -0.39 is 16.0 Å². The molecule has 2 heterocycles. The number of carbonyl (C=O) groups is 1. The van der Waals surface area contributed by atoms with E-state index in [-0.39, 0.29) is 15.8 Å². The molecule has 1 fully saturated rings. The van der Waals surface area contributed by atoms with E-state index in [0.717, 1.165) is 24.3 Å². The van der Waals surface area contributed by atoms with Crippen LogP contribution in [0.5, 0.6) is 0 Å². The molecule has 1 aliphatic rings. The van der Waals surface area contributed by atoms with E-state index >= 15 is 0 Å². The molecule has 1 aromatic rings. The third-order valence-electron chi connectivity index (χ3n) is 3.25. The highest BCUT2D eigenvalue weighted by Gasteiger charge is 2.33. The van der Waals surface area contributed by atoms with Crippen molar-refractivity contribution in [3.63, 3.8) is 0 Å². The molecule has 1 saturated heterocycles. The molecule has 112 valence electrons. The van der Waals surface area contributed by atoms with Gasteiger partial charge in [-0.2, -0.15) is 4.31 Å². The topological polar surface area (TPSA) is 75.7 Å². The van der Waals surface area contributed by atoms with Gasteiger partial charge in [-0.1, -0.05) is 0 Å². The van der Waals surface area contributed by atoms with Gasteiger partial charge in [0.2, 0.25) is 10.0 Å². The lowest BCUT2D eigenvalue weighted by molar-refractivity contribution is 0.0606. The van der Waals surface area contributed by atoms with E-state index in [2.05, 4.69) is 26.0 Å². The third-order valence-corrected chi connectivity index (χ3v) is 7.39. The Morgan fingerprint density at radius 1 is 1.60 bits per heavy atom. The predicted octanol–water partition coefficient (Wildman–Crippen LogP) is 1.28. The number of likely N-dealkylation sites (N-methyl/N-ethyl adjacent to an activating group) is 1. The second-order valence-corrected chi connectivity index (χ2v) is 8.74. The van der Waals surface area contributed by atoms with Crippen LogP contribution < -0.4 is 5.32 Å². The fourth-order valence-electron chi connectivity index (χ4n) is 2.03. The molecule has 0 aliphatic carbocycles. The number of nitrogens with one attached hydrogen (secondary N) is 1. The SMILES string of the molecule is COC(=O)c1cc(S(=O)(=O)N(C)C2CCNC2)c(Br)s1. The average molecular weight is 383 g/mol. The van der Waals surface area contributed by atoms with Crippen LogP contribution in [0.1, 0.15) is 16.1 Å². The summed E-state index contributed by atoms with van der Waals surface area (Å²) in [6.07, 6.45) is 0.779. The van der Waals surface area contributed by atoms with Crippen molar-refractivity contribution in [1.82, 2.24) is 9.62 Å². The largest absolute Gasteiger partial charge is 0.465 e. The van der Waals surface area contributed by atoms with Gasteiger partial charge < -0.3 is 10.1 Å². The third kappa shape index (κ3) is 2.91. The maximum Gasteiger partial charge on any atom is 0.348 e. The molecule has 1 aliphatic heterocycles. The molecule has 1 unspecified atom stereocenters. The number of sulfonamides is 1. The first-order valence-electron chi connectivity index (χ1n) is 5.94. The van der Waals surface area contributed by atoms with Gasteiger partial charge in [0.15, 0.2) is 0 Å². The zero-order chi connectivity index (χ0) is 14.9. The number of methoxy groups -OCH3 is 1. The smallest absolute Gasteiger partial charge is 0.348 e. The van der Waals surface area contributed by atoms with Crippen LogP contribution in [0.4, 0.5) is 0 Å². The Hall–Kier alpha value is -0.480. The first kappa shape index (κ1) is 15.9. The quantitative estimate of drug-likeness (QED) is 0.793. The van der Waals surface area contributed by atoms with Crippen LogP contribution in [0.15, 0.2) is 14.7 Å². The number of esters is 1. The van der Waals surface area contributed by atoms with Crippen molar-refractivity contribution in [2.24, 2.45) is 0 Å². The van der Waals surface area contributed by atoms with Gasteiger partial charge in [-0.25, -0.2) is 13.2 Å². The molecule has 20 heavy (non-hydrogen) atoms. The number of carbonyl (C=O) groups excluding carboxylic acids is 1. The molecule has 0 spiro atoms. The molecule has 1 N–H and O–H groups in total. The molecule has 0 radical (unpaired) electrons. The normalized spacial score (nSPS) is 19.5. The van der Waals surface area contributed by atoms with Crippen LogP contribution in [0.3, 0.4) is 0 Å². The zero-order valence-electron chi connectivity index (χ0n) is 11.1. The molecule has 1 atom stereocenters. The molecular formula is C11H15BrN2O4S2. The van der Waals surface area contributed by atoms with Crippen molar-refractivity contribution in [3.05, 3.63) is 14.7 Å². The minimum atomic E-state index is -3.62. The van der Waals surface area contributed by atoms with E-state index in [1.807, 2.05) is 0 Å². The monoisotopic (exact) mass is 382 g/mol. The van der Waals surface area contributed by atoms with Gasteiger partial charge in [0.1, 0.15) is 9.77 Å². The second kappa shape index (κ2) is 6.10. The molecule has 0 aromatic carbocycles. The van der Waals surface area contributed by atoms with Gasteiger partial charge in [0, 0.05) is 19.6 Å². The van der Waals surface area contributed by atoms with Crippen molar-refractivity contribution in [1.29, 1.82) is 0 Å². The highest BCUT2D eigenvalue weighted by atomic mass is 79.9. The van der Waals surface area contributed by atoms with Gasteiger partial charge in [-0.05, 0) is 35.0 Å². The van der Waals surface area contributed by atoms with E-state index in [1.54, 1.807) is 7.05 Å². The number of rotatable bonds is 4. The van der Waals surface area contributed by atoms with Gasteiger partial charge in [-0.3, -0.25) is 0 Å². The van der Waals surface area contributed by atoms with Crippen LogP contribution >= 0.6 is 27.3 Å². The standard InChI is InChI=1S/C11H15BrN2O4S2/c1-14(7-3-4-13-6-7)20(16,17)9-5-8(11(15)18-2)19-10(9)12/h5,7,13H,3-4,6H2,1-2H3. The second-order valence-electron chi connectivity index (χ2n) is 4.41. The average Bonchev–Trinajstić information content (AvgIpc) is 3.06. The molecule has 6 nitrogen and oxygen atoms in total. The summed E-state index contributed by atoms with van der Waals surface area (Å²) >= 11 is 4.27. The molecule has 1 aromatic heterocycles. The fraction of sp³-hybridized carbons (Fsp3) is 0.545. The maximum absolute atomic E-state index is 12.6.